The van der Waals surface area contributed by atoms with Gasteiger partial charge in [0.2, 0.25) is 0 Å². The minimum atomic E-state index is -0.724. The minimum Gasteiger partial charge on any atom is -0.321 e. The van der Waals surface area contributed by atoms with E-state index in [-0.39, 0.29) is 10.6 Å². The molecule has 1 rings (SSSR count). The Bertz CT molecular complexity index is 381. The van der Waals surface area contributed by atoms with Crippen LogP contribution in [0.1, 0.15) is 17.3 Å². The molecule has 0 bridgehead atoms. The molecule has 1 aromatic rings. The van der Waals surface area contributed by atoms with Gasteiger partial charge in [-0.2, -0.15) is 0 Å². The summed E-state index contributed by atoms with van der Waals surface area (Å²) in [5.74, 6) is -1.10. The van der Waals surface area contributed by atoms with Crippen molar-refractivity contribution in [1.29, 1.82) is 0 Å². The second kappa shape index (κ2) is 4.38. The minimum absolute atomic E-state index is 0.0451. The van der Waals surface area contributed by atoms with Crippen molar-refractivity contribution in [2.24, 2.45) is 5.73 Å². The lowest BCUT2D eigenvalue weighted by atomic mass is 10.1. The average molecular weight is 281 g/mol. The Labute approximate surface area is 94.4 Å². The largest absolute Gasteiger partial charge is 0.321 e. The van der Waals surface area contributed by atoms with Crippen LogP contribution in [0.4, 0.5) is 4.39 Å². The van der Waals surface area contributed by atoms with Gasteiger partial charge in [0, 0.05) is 4.47 Å². The van der Waals surface area contributed by atoms with Crippen molar-refractivity contribution in [1.82, 2.24) is 0 Å². The third-order valence-electron chi connectivity index (χ3n) is 1.69. The van der Waals surface area contributed by atoms with Crippen molar-refractivity contribution in [2.75, 3.05) is 0 Å². The fourth-order valence-corrected chi connectivity index (χ4v) is 1.45. The SMILES string of the molecule is CC(N)C(=O)c1cc(Br)c(Cl)cc1F. The summed E-state index contributed by atoms with van der Waals surface area (Å²) >= 11 is 8.75. The van der Waals surface area contributed by atoms with Gasteiger partial charge in [0.15, 0.2) is 5.78 Å². The van der Waals surface area contributed by atoms with Crippen LogP contribution in [0.5, 0.6) is 0 Å². The smallest absolute Gasteiger partial charge is 0.182 e. The Morgan fingerprint density at radius 3 is 2.71 bits per heavy atom. The predicted octanol–water partition coefficient (Wildman–Crippen LogP) is 2.77. The highest BCUT2D eigenvalue weighted by Crippen LogP contribution is 2.26. The average Bonchev–Trinajstić information content (AvgIpc) is 2.10. The van der Waals surface area contributed by atoms with Crippen LogP contribution in [0, 0.1) is 5.82 Å². The summed E-state index contributed by atoms with van der Waals surface area (Å²) in [4.78, 5) is 11.4. The molecule has 0 aromatic heterocycles. The van der Waals surface area contributed by atoms with Crippen molar-refractivity contribution in [3.05, 3.63) is 33.0 Å². The van der Waals surface area contributed by atoms with Gasteiger partial charge in [-0.25, -0.2) is 4.39 Å². The molecule has 0 amide bonds. The molecule has 1 unspecified atom stereocenters. The lowest BCUT2D eigenvalue weighted by molar-refractivity contribution is 0.0964. The summed E-state index contributed by atoms with van der Waals surface area (Å²) in [5, 5.41) is 0.226. The van der Waals surface area contributed by atoms with Gasteiger partial charge in [0.25, 0.3) is 0 Å². The molecule has 0 radical (unpaired) electrons. The number of carbonyl (C=O) groups is 1. The van der Waals surface area contributed by atoms with E-state index in [1.54, 1.807) is 0 Å². The van der Waals surface area contributed by atoms with Crippen molar-refractivity contribution >= 4 is 33.3 Å². The molecule has 0 aliphatic carbocycles. The van der Waals surface area contributed by atoms with E-state index in [9.17, 15) is 9.18 Å². The first kappa shape index (κ1) is 11.6. The molecule has 1 aromatic carbocycles. The number of benzene rings is 1. The van der Waals surface area contributed by atoms with Crippen molar-refractivity contribution in [3.8, 4) is 0 Å². The second-order valence-corrected chi connectivity index (χ2v) is 4.16. The molecule has 0 saturated heterocycles. The molecule has 0 heterocycles. The maximum Gasteiger partial charge on any atom is 0.182 e. The van der Waals surface area contributed by atoms with Gasteiger partial charge in [-0.15, -0.1) is 0 Å². The predicted molar refractivity (Wildman–Crippen MR) is 57.1 cm³/mol. The van der Waals surface area contributed by atoms with E-state index in [0.717, 1.165) is 6.07 Å². The molecule has 0 aliphatic heterocycles. The lowest BCUT2D eigenvalue weighted by Gasteiger charge is -2.06. The fraction of sp³-hybridized carbons (Fsp3) is 0.222. The zero-order valence-corrected chi connectivity index (χ0v) is 9.69. The van der Waals surface area contributed by atoms with E-state index in [4.69, 9.17) is 17.3 Å². The Kier molecular flexibility index (Phi) is 3.64. The molecular weight excluding hydrogens is 272 g/mol. The van der Waals surface area contributed by atoms with Gasteiger partial charge >= 0.3 is 0 Å². The van der Waals surface area contributed by atoms with Gasteiger partial charge in [-0.1, -0.05) is 11.6 Å². The quantitative estimate of drug-likeness (QED) is 0.669. The van der Waals surface area contributed by atoms with Gasteiger partial charge in [-0.05, 0) is 35.0 Å². The van der Waals surface area contributed by atoms with Crippen molar-refractivity contribution in [3.63, 3.8) is 0 Å². The lowest BCUT2D eigenvalue weighted by Crippen LogP contribution is -2.27. The third kappa shape index (κ3) is 2.32. The summed E-state index contributed by atoms with van der Waals surface area (Å²) in [5.41, 5.74) is 5.32. The second-order valence-electron chi connectivity index (χ2n) is 2.90. The summed E-state index contributed by atoms with van der Waals surface area (Å²) in [7, 11) is 0. The van der Waals surface area contributed by atoms with Crippen LogP contribution in [-0.4, -0.2) is 11.8 Å². The molecule has 0 spiro atoms. The van der Waals surface area contributed by atoms with Gasteiger partial charge in [0.05, 0.1) is 16.6 Å². The number of hydrogen-bond acceptors (Lipinski definition) is 2. The maximum atomic E-state index is 13.3. The Morgan fingerprint density at radius 1 is 1.64 bits per heavy atom. The van der Waals surface area contributed by atoms with Crippen LogP contribution < -0.4 is 5.73 Å². The molecule has 2 N–H and O–H groups in total. The number of halogens is 3. The molecule has 5 heteroatoms. The van der Waals surface area contributed by atoms with Crippen molar-refractivity contribution in [2.45, 2.75) is 13.0 Å². The molecule has 0 fully saturated rings. The fourth-order valence-electron chi connectivity index (χ4n) is 0.957. The third-order valence-corrected chi connectivity index (χ3v) is 2.89. The van der Waals surface area contributed by atoms with Crippen LogP contribution in [-0.2, 0) is 0 Å². The summed E-state index contributed by atoms with van der Waals surface area (Å²) in [6, 6.07) is 1.70. The number of hydrogen-bond donors (Lipinski definition) is 1. The van der Waals surface area contributed by atoms with E-state index in [1.165, 1.54) is 13.0 Å². The maximum absolute atomic E-state index is 13.3. The van der Waals surface area contributed by atoms with Crippen LogP contribution in [0.15, 0.2) is 16.6 Å². The van der Waals surface area contributed by atoms with Gasteiger partial charge in [0.1, 0.15) is 5.82 Å². The number of Topliss-reactive ketones (excluding diaryl/α,β-unsaturated/α-hetero) is 1. The van der Waals surface area contributed by atoms with E-state index >= 15 is 0 Å². The highest BCUT2D eigenvalue weighted by molar-refractivity contribution is 9.10. The number of rotatable bonds is 2. The zero-order valence-electron chi connectivity index (χ0n) is 7.35. The number of nitrogens with two attached hydrogens (primary N) is 1. The topological polar surface area (TPSA) is 43.1 Å². The summed E-state index contributed by atoms with van der Waals surface area (Å²) in [6.07, 6.45) is 0. The molecule has 14 heavy (non-hydrogen) atoms. The molecule has 76 valence electrons. The van der Waals surface area contributed by atoms with E-state index in [2.05, 4.69) is 15.9 Å². The Morgan fingerprint density at radius 2 is 2.21 bits per heavy atom. The van der Waals surface area contributed by atoms with Gasteiger partial charge < -0.3 is 5.73 Å². The standard InChI is InChI=1S/C9H8BrClFNO/c1-4(13)9(14)5-2-6(10)7(11)3-8(5)12/h2-4H,13H2,1H3. The number of ketones is 1. The van der Waals surface area contributed by atoms with Crippen molar-refractivity contribution < 1.29 is 9.18 Å². The highest BCUT2D eigenvalue weighted by Gasteiger charge is 2.17. The summed E-state index contributed by atoms with van der Waals surface area (Å²) < 4.78 is 13.7. The van der Waals surface area contributed by atoms with Crippen LogP contribution >= 0.6 is 27.5 Å². The van der Waals surface area contributed by atoms with Crippen LogP contribution in [0.2, 0.25) is 5.02 Å². The highest BCUT2D eigenvalue weighted by atomic mass is 79.9. The van der Waals surface area contributed by atoms with Crippen LogP contribution in [0.25, 0.3) is 0 Å². The first-order chi connectivity index (χ1) is 6.43. The first-order valence-corrected chi connectivity index (χ1v) is 5.05. The molecule has 0 saturated carbocycles. The molecule has 1 atom stereocenters. The van der Waals surface area contributed by atoms with Crippen LogP contribution in [0.3, 0.4) is 0 Å². The first-order valence-electron chi connectivity index (χ1n) is 3.88. The molecule has 0 aliphatic rings. The monoisotopic (exact) mass is 279 g/mol. The number of carbonyl (C=O) groups excluding carboxylic acids is 1. The molecular formula is C9H8BrClFNO. The van der Waals surface area contributed by atoms with E-state index in [0.29, 0.717) is 4.47 Å². The Hall–Kier alpha value is -0.450. The normalized spacial score (nSPS) is 12.6. The van der Waals surface area contributed by atoms with E-state index < -0.39 is 17.6 Å². The Balaban J connectivity index is 3.22. The molecule has 2 nitrogen and oxygen atoms in total. The van der Waals surface area contributed by atoms with E-state index in [1.807, 2.05) is 0 Å². The zero-order chi connectivity index (χ0) is 10.9. The van der Waals surface area contributed by atoms with Gasteiger partial charge in [-0.3, -0.25) is 4.79 Å². The summed E-state index contributed by atoms with van der Waals surface area (Å²) in [6.45, 7) is 1.50.